The predicted octanol–water partition coefficient (Wildman–Crippen LogP) is 4.54. The Morgan fingerprint density at radius 1 is 1.03 bits per heavy atom. The zero-order valence-corrected chi connectivity index (χ0v) is 19.2. The Balaban J connectivity index is 1.59. The van der Waals surface area contributed by atoms with Gasteiger partial charge in [0.05, 0.1) is 17.5 Å². The largest absolute Gasteiger partial charge is 0.367 e. The smallest absolute Gasteiger partial charge is 0.261 e. The fraction of sp³-hybridized carbons (Fsp3) is 0.240. The van der Waals surface area contributed by atoms with Gasteiger partial charge in [0.2, 0.25) is 0 Å². The monoisotopic (exact) mass is 468 g/mol. The number of hydrogen-bond donors (Lipinski definition) is 1. The zero-order chi connectivity index (χ0) is 23.6. The first-order valence-electron chi connectivity index (χ1n) is 10.6. The molecule has 1 amide bonds. The Morgan fingerprint density at radius 2 is 1.73 bits per heavy atom. The minimum Gasteiger partial charge on any atom is -0.367 e. The molecule has 2 unspecified atom stereocenters. The summed E-state index contributed by atoms with van der Waals surface area (Å²) in [7, 11) is -3.96. The van der Waals surface area contributed by atoms with E-state index in [9.17, 15) is 17.6 Å². The summed E-state index contributed by atoms with van der Waals surface area (Å²) < 4.78 is 47.4. The highest BCUT2D eigenvalue weighted by molar-refractivity contribution is 7.92. The summed E-state index contributed by atoms with van der Waals surface area (Å²) in [5, 5.41) is 0. The van der Waals surface area contributed by atoms with E-state index in [1.165, 1.54) is 36.4 Å². The van der Waals surface area contributed by atoms with Crippen LogP contribution in [-0.2, 0) is 14.8 Å². The molecule has 6 nitrogen and oxygen atoms in total. The van der Waals surface area contributed by atoms with Gasteiger partial charge in [-0.2, -0.15) is 0 Å². The van der Waals surface area contributed by atoms with Crippen molar-refractivity contribution in [2.24, 2.45) is 0 Å². The van der Waals surface area contributed by atoms with Crippen molar-refractivity contribution in [3.05, 3.63) is 95.3 Å². The van der Waals surface area contributed by atoms with Gasteiger partial charge in [-0.3, -0.25) is 9.52 Å². The minimum atomic E-state index is -3.96. The Bertz CT molecular complexity index is 1250. The lowest BCUT2D eigenvalue weighted by molar-refractivity contribution is -0.0692. The van der Waals surface area contributed by atoms with Gasteiger partial charge in [0, 0.05) is 17.8 Å². The van der Waals surface area contributed by atoms with Crippen LogP contribution in [0.5, 0.6) is 0 Å². The van der Waals surface area contributed by atoms with Gasteiger partial charge in [-0.15, -0.1) is 0 Å². The number of carbonyl (C=O) groups is 1. The lowest BCUT2D eigenvalue weighted by Crippen LogP contribution is -2.46. The quantitative estimate of drug-likeness (QED) is 0.597. The molecule has 0 saturated carbocycles. The number of carbonyl (C=O) groups excluding carboxylic acids is 1. The molecule has 2 atom stereocenters. The van der Waals surface area contributed by atoms with Gasteiger partial charge in [0.1, 0.15) is 11.9 Å². The topological polar surface area (TPSA) is 75.7 Å². The molecule has 0 aliphatic carbocycles. The van der Waals surface area contributed by atoms with E-state index < -0.39 is 15.8 Å². The van der Waals surface area contributed by atoms with E-state index in [0.717, 1.165) is 5.56 Å². The van der Waals surface area contributed by atoms with E-state index in [1.54, 1.807) is 17.9 Å². The zero-order valence-electron chi connectivity index (χ0n) is 18.4. The second-order valence-electron chi connectivity index (χ2n) is 8.15. The number of ether oxygens (including phenoxy) is 1. The summed E-state index contributed by atoms with van der Waals surface area (Å²) in [4.78, 5) is 15.1. The van der Waals surface area contributed by atoms with Crippen molar-refractivity contribution < 1.29 is 22.3 Å². The first-order valence-corrected chi connectivity index (χ1v) is 12.1. The average molecular weight is 469 g/mol. The molecule has 1 fully saturated rings. The molecule has 1 heterocycles. The van der Waals surface area contributed by atoms with Crippen molar-refractivity contribution >= 4 is 21.6 Å². The van der Waals surface area contributed by atoms with Crippen LogP contribution in [0.3, 0.4) is 0 Å². The van der Waals surface area contributed by atoms with Gasteiger partial charge >= 0.3 is 0 Å². The maximum absolute atomic E-state index is 13.4. The van der Waals surface area contributed by atoms with Crippen LogP contribution in [0.1, 0.15) is 34.5 Å². The molecule has 1 saturated heterocycles. The van der Waals surface area contributed by atoms with Crippen LogP contribution < -0.4 is 4.72 Å². The third-order valence-electron chi connectivity index (χ3n) is 5.57. The van der Waals surface area contributed by atoms with Crippen molar-refractivity contribution in [3.8, 4) is 0 Å². The van der Waals surface area contributed by atoms with Gasteiger partial charge in [0.15, 0.2) is 0 Å². The van der Waals surface area contributed by atoms with Crippen LogP contribution >= 0.6 is 0 Å². The average Bonchev–Trinajstić information content (AvgIpc) is 2.80. The Hall–Kier alpha value is -3.23. The van der Waals surface area contributed by atoms with Crippen LogP contribution in [0.4, 0.5) is 10.1 Å². The number of amides is 1. The van der Waals surface area contributed by atoms with Gasteiger partial charge in [-0.05, 0) is 61.4 Å². The molecule has 1 N–H and O–H groups in total. The van der Waals surface area contributed by atoms with Crippen LogP contribution in [0, 0.1) is 12.7 Å². The third-order valence-corrected chi connectivity index (χ3v) is 6.94. The number of rotatable bonds is 5. The van der Waals surface area contributed by atoms with Crippen molar-refractivity contribution in [3.63, 3.8) is 0 Å². The molecule has 0 aromatic heterocycles. The van der Waals surface area contributed by atoms with Crippen LogP contribution in [0.2, 0.25) is 0 Å². The molecular formula is C25H25FN2O4S. The summed E-state index contributed by atoms with van der Waals surface area (Å²) in [5.41, 5.74) is 2.21. The summed E-state index contributed by atoms with van der Waals surface area (Å²) in [5.74, 6) is -0.711. The SMILES string of the molecule is Cc1ccc(S(=O)(=O)Nc2ccc(F)cc2)cc1C(=O)N1CC(C)OC(c2ccccc2)C1. The molecule has 1 aliphatic rings. The Morgan fingerprint density at radius 3 is 2.42 bits per heavy atom. The number of aryl methyl sites for hydroxylation is 1. The number of nitrogens with zero attached hydrogens (tertiary/aromatic N) is 1. The van der Waals surface area contributed by atoms with E-state index in [4.69, 9.17) is 4.74 Å². The van der Waals surface area contributed by atoms with Crippen LogP contribution in [-0.4, -0.2) is 38.4 Å². The molecule has 0 spiro atoms. The Labute approximate surface area is 193 Å². The molecule has 8 heteroatoms. The molecule has 33 heavy (non-hydrogen) atoms. The van der Waals surface area contributed by atoms with Gasteiger partial charge < -0.3 is 9.64 Å². The summed E-state index contributed by atoms with van der Waals surface area (Å²) in [6.07, 6.45) is -0.425. The predicted molar refractivity (Wildman–Crippen MR) is 124 cm³/mol. The number of halogens is 1. The summed E-state index contributed by atoms with van der Waals surface area (Å²) in [6.45, 7) is 4.47. The number of hydrogen-bond acceptors (Lipinski definition) is 4. The summed E-state index contributed by atoms with van der Waals surface area (Å²) >= 11 is 0. The standard InChI is InChI=1S/C25H25FN2O4S/c1-17-8-13-22(33(30,31)27-21-11-9-20(26)10-12-21)14-23(17)25(29)28-15-18(2)32-24(16-28)19-6-4-3-5-7-19/h3-14,18,24,27H,15-16H2,1-2H3. The van der Waals surface area contributed by atoms with Crippen LogP contribution in [0.25, 0.3) is 0 Å². The number of benzene rings is 3. The fourth-order valence-corrected chi connectivity index (χ4v) is 4.95. The highest BCUT2D eigenvalue weighted by Crippen LogP contribution is 2.27. The maximum Gasteiger partial charge on any atom is 0.261 e. The summed E-state index contributed by atoms with van der Waals surface area (Å²) in [6, 6.07) is 19.2. The van der Waals surface area contributed by atoms with E-state index in [0.29, 0.717) is 24.2 Å². The van der Waals surface area contributed by atoms with E-state index in [-0.39, 0.29) is 28.7 Å². The van der Waals surface area contributed by atoms with E-state index in [1.807, 2.05) is 37.3 Å². The number of sulfonamides is 1. The normalized spacial score (nSPS) is 18.7. The van der Waals surface area contributed by atoms with Crippen molar-refractivity contribution in [1.29, 1.82) is 0 Å². The number of morpholine rings is 1. The van der Waals surface area contributed by atoms with Gasteiger partial charge in [-0.1, -0.05) is 36.4 Å². The molecule has 3 aromatic carbocycles. The molecule has 1 aliphatic heterocycles. The number of nitrogens with one attached hydrogen (secondary N) is 1. The first-order chi connectivity index (χ1) is 15.7. The second-order valence-corrected chi connectivity index (χ2v) is 9.83. The van der Waals surface area contributed by atoms with E-state index in [2.05, 4.69) is 4.72 Å². The highest BCUT2D eigenvalue weighted by Gasteiger charge is 2.31. The molecular weight excluding hydrogens is 443 g/mol. The Kier molecular flexibility index (Phi) is 6.49. The fourth-order valence-electron chi connectivity index (χ4n) is 3.87. The van der Waals surface area contributed by atoms with Crippen molar-refractivity contribution in [2.75, 3.05) is 17.8 Å². The molecule has 172 valence electrons. The molecule has 0 bridgehead atoms. The lowest BCUT2D eigenvalue weighted by atomic mass is 10.0. The van der Waals surface area contributed by atoms with Crippen molar-refractivity contribution in [2.45, 2.75) is 31.0 Å². The van der Waals surface area contributed by atoms with Crippen molar-refractivity contribution in [1.82, 2.24) is 4.90 Å². The van der Waals surface area contributed by atoms with Gasteiger partial charge in [-0.25, -0.2) is 12.8 Å². The van der Waals surface area contributed by atoms with Gasteiger partial charge in [0.25, 0.3) is 15.9 Å². The molecule has 4 rings (SSSR count). The van der Waals surface area contributed by atoms with Crippen LogP contribution in [0.15, 0.2) is 77.7 Å². The molecule has 3 aromatic rings. The maximum atomic E-state index is 13.4. The van der Waals surface area contributed by atoms with E-state index >= 15 is 0 Å². The molecule has 0 radical (unpaired) electrons. The lowest BCUT2D eigenvalue weighted by Gasteiger charge is -2.37. The number of anilines is 1. The second kappa shape index (κ2) is 9.33. The first kappa shape index (κ1) is 22.9. The highest BCUT2D eigenvalue weighted by atomic mass is 32.2. The third kappa shape index (κ3) is 5.23. The minimum absolute atomic E-state index is 0.0401.